The third kappa shape index (κ3) is 2.67. The summed E-state index contributed by atoms with van der Waals surface area (Å²) in [6.45, 7) is 2.15. The molecule has 134 valence electrons. The maximum Gasteiger partial charge on any atom is 0.358 e. The number of hydrogen-bond donors (Lipinski definition) is 1. The fourth-order valence-corrected chi connectivity index (χ4v) is 3.55. The molecule has 0 amide bonds. The fraction of sp³-hybridized carbons (Fsp3) is 0.300. The van der Waals surface area contributed by atoms with Crippen molar-refractivity contribution in [1.29, 1.82) is 0 Å². The summed E-state index contributed by atoms with van der Waals surface area (Å²) >= 11 is 0. The number of anilines is 1. The first-order valence-electron chi connectivity index (χ1n) is 8.73. The monoisotopic (exact) mass is 352 g/mol. The molecule has 0 saturated carbocycles. The van der Waals surface area contributed by atoms with E-state index >= 15 is 0 Å². The molecule has 0 fully saturated rings. The van der Waals surface area contributed by atoms with Gasteiger partial charge in [0.05, 0.1) is 27.3 Å². The molecule has 1 aromatic heterocycles. The highest BCUT2D eigenvalue weighted by Crippen LogP contribution is 2.28. The van der Waals surface area contributed by atoms with E-state index in [1.807, 2.05) is 12.1 Å². The zero-order valence-corrected chi connectivity index (χ0v) is 15.0. The van der Waals surface area contributed by atoms with Crippen molar-refractivity contribution in [3.8, 4) is 11.5 Å². The average molecular weight is 352 g/mol. The first-order valence-corrected chi connectivity index (χ1v) is 8.73. The normalized spacial score (nSPS) is 13.2. The number of nitrogens with zero attached hydrogens (tertiary/aromatic N) is 2. The molecule has 0 aliphatic carbocycles. The lowest BCUT2D eigenvalue weighted by Crippen LogP contribution is -2.42. The van der Waals surface area contributed by atoms with E-state index in [-0.39, 0.29) is 12.3 Å². The van der Waals surface area contributed by atoms with Crippen molar-refractivity contribution >= 4 is 22.8 Å². The Morgan fingerprint density at radius 1 is 1.15 bits per heavy atom. The van der Waals surface area contributed by atoms with Crippen LogP contribution in [0.1, 0.15) is 16.8 Å². The molecule has 0 atom stereocenters. The zero-order chi connectivity index (χ0) is 18.1. The van der Waals surface area contributed by atoms with E-state index in [4.69, 9.17) is 9.47 Å². The number of para-hydroxylation sites is 2. The van der Waals surface area contributed by atoms with Crippen molar-refractivity contribution < 1.29 is 18.8 Å². The second kappa shape index (κ2) is 6.71. The van der Waals surface area contributed by atoms with Gasteiger partial charge >= 0.3 is 5.95 Å². The van der Waals surface area contributed by atoms with Crippen LogP contribution >= 0.6 is 0 Å². The third-order valence-corrected chi connectivity index (χ3v) is 4.82. The van der Waals surface area contributed by atoms with E-state index in [1.165, 1.54) is 0 Å². The van der Waals surface area contributed by atoms with Crippen LogP contribution in [-0.2, 0) is 13.1 Å². The van der Waals surface area contributed by atoms with Crippen LogP contribution in [0.4, 0.5) is 5.95 Å². The summed E-state index contributed by atoms with van der Waals surface area (Å²) in [5, 5.41) is 3.45. The Morgan fingerprint density at radius 2 is 1.96 bits per heavy atom. The number of ketones is 1. The summed E-state index contributed by atoms with van der Waals surface area (Å²) in [7, 11) is 3.16. The summed E-state index contributed by atoms with van der Waals surface area (Å²) in [6.07, 6.45) is 1.08. The molecule has 1 N–H and O–H groups in total. The second-order valence-corrected chi connectivity index (χ2v) is 6.32. The van der Waals surface area contributed by atoms with Crippen molar-refractivity contribution in [3.63, 3.8) is 0 Å². The Kier molecular flexibility index (Phi) is 4.24. The number of carbonyl (C=O) groups excluding carboxylic acids is 1. The van der Waals surface area contributed by atoms with Gasteiger partial charge < -0.3 is 9.47 Å². The summed E-state index contributed by atoms with van der Waals surface area (Å²) in [5.74, 6) is 2.20. The lowest BCUT2D eigenvalue weighted by molar-refractivity contribution is -0.661. The predicted octanol–water partition coefficient (Wildman–Crippen LogP) is 2.64. The van der Waals surface area contributed by atoms with Crippen LogP contribution < -0.4 is 19.4 Å². The Labute approximate surface area is 152 Å². The largest absolute Gasteiger partial charge is 0.493 e. The van der Waals surface area contributed by atoms with Crippen LogP contribution in [0, 0.1) is 0 Å². The molecule has 1 aliphatic rings. The Balaban J connectivity index is 1.73. The SMILES string of the molecule is COc1ccc(C(=O)Cn2c3[n+](c4ccccc42)CCCN3)cc1OC. The maximum atomic E-state index is 13.0. The van der Waals surface area contributed by atoms with Crippen LogP contribution in [0.25, 0.3) is 11.0 Å². The van der Waals surface area contributed by atoms with Crippen molar-refractivity contribution in [2.45, 2.75) is 19.5 Å². The summed E-state index contributed by atoms with van der Waals surface area (Å²) in [5.41, 5.74) is 2.82. The highest BCUT2D eigenvalue weighted by Gasteiger charge is 2.27. The molecule has 0 radical (unpaired) electrons. The number of ether oxygens (including phenoxy) is 2. The minimum Gasteiger partial charge on any atom is -0.493 e. The van der Waals surface area contributed by atoms with Crippen LogP contribution in [0.5, 0.6) is 11.5 Å². The molecule has 3 aromatic rings. The summed E-state index contributed by atoms with van der Waals surface area (Å²) < 4.78 is 14.9. The highest BCUT2D eigenvalue weighted by atomic mass is 16.5. The smallest absolute Gasteiger partial charge is 0.358 e. The van der Waals surface area contributed by atoms with Gasteiger partial charge in [-0.15, -0.1) is 0 Å². The van der Waals surface area contributed by atoms with Crippen molar-refractivity contribution in [2.75, 3.05) is 26.1 Å². The number of carbonyl (C=O) groups is 1. The first-order chi connectivity index (χ1) is 12.7. The van der Waals surface area contributed by atoms with E-state index in [0.29, 0.717) is 17.1 Å². The predicted molar refractivity (Wildman–Crippen MR) is 99.1 cm³/mol. The fourth-order valence-electron chi connectivity index (χ4n) is 3.55. The topological polar surface area (TPSA) is 56.4 Å². The molecule has 6 heteroatoms. The van der Waals surface area contributed by atoms with Crippen LogP contribution in [0.3, 0.4) is 0 Å². The van der Waals surface area contributed by atoms with Gasteiger partial charge in [0.25, 0.3) is 0 Å². The third-order valence-electron chi connectivity index (χ3n) is 4.82. The van der Waals surface area contributed by atoms with Gasteiger partial charge in [-0.25, -0.2) is 9.13 Å². The van der Waals surface area contributed by atoms with Gasteiger partial charge in [0.15, 0.2) is 17.3 Å². The zero-order valence-electron chi connectivity index (χ0n) is 15.0. The number of methoxy groups -OCH3 is 2. The summed E-state index contributed by atoms with van der Waals surface area (Å²) in [6, 6.07) is 13.5. The minimum atomic E-state index is 0.0301. The molecule has 0 unspecified atom stereocenters. The van der Waals surface area contributed by atoms with Gasteiger partial charge in [0, 0.05) is 12.0 Å². The van der Waals surface area contributed by atoms with Crippen LogP contribution in [0.2, 0.25) is 0 Å². The number of Topliss-reactive ketones (excluding diaryl/α,β-unsaturated/α-hetero) is 1. The van der Waals surface area contributed by atoms with Crippen molar-refractivity contribution in [2.24, 2.45) is 0 Å². The van der Waals surface area contributed by atoms with Gasteiger partial charge in [0.2, 0.25) is 0 Å². The van der Waals surface area contributed by atoms with Crippen LogP contribution in [0.15, 0.2) is 42.5 Å². The van der Waals surface area contributed by atoms with E-state index in [2.05, 4.69) is 26.6 Å². The molecule has 26 heavy (non-hydrogen) atoms. The number of aromatic nitrogens is 2. The van der Waals surface area contributed by atoms with E-state index in [0.717, 1.165) is 36.5 Å². The Morgan fingerprint density at radius 3 is 2.77 bits per heavy atom. The number of fused-ring (bicyclic) bond motifs is 3. The van der Waals surface area contributed by atoms with Gasteiger partial charge in [-0.1, -0.05) is 12.1 Å². The molecule has 2 aromatic carbocycles. The van der Waals surface area contributed by atoms with Gasteiger partial charge in [0.1, 0.15) is 17.6 Å². The molecule has 4 rings (SSSR count). The number of benzene rings is 2. The van der Waals surface area contributed by atoms with E-state index < -0.39 is 0 Å². The number of aryl methyl sites for hydroxylation is 1. The van der Waals surface area contributed by atoms with Gasteiger partial charge in [-0.05, 0) is 30.3 Å². The second-order valence-electron chi connectivity index (χ2n) is 6.32. The highest BCUT2D eigenvalue weighted by molar-refractivity contribution is 5.97. The molecular weight excluding hydrogens is 330 g/mol. The first kappa shape index (κ1) is 16.4. The van der Waals surface area contributed by atoms with Gasteiger partial charge in [-0.2, -0.15) is 0 Å². The van der Waals surface area contributed by atoms with Crippen LogP contribution in [-0.4, -0.2) is 31.1 Å². The molecule has 6 nitrogen and oxygen atoms in total. The lowest BCUT2D eigenvalue weighted by Gasteiger charge is -2.12. The maximum absolute atomic E-state index is 13.0. The van der Waals surface area contributed by atoms with E-state index in [1.54, 1.807) is 32.4 Å². The average Bonchev–Trinajstić information content (AvgIpc) is 3.01. The van der Waals surface area contributed by atoms with Crippen molar-refractivity contribution in [1.82, 2.24) is 4.57 Å². The molecular formula is C20H22N3O3+. The number of imidazole rings is 1. The minimum absolute atomic E-state index is 0.0301. The molecule has 1 aliphatic heterocycles. The molecule has 0 spiro atoms. The van der Waals surface area contributed by atoms with Gasteiger partial charge in [-0.3, -0.25) is 10.1 Å². The lowest BCUT2D eigenvalue weighted by atomic mass is 10.1. The molecule has 0 bridgehead atoms. The Bertz CT molecular complexity index is 978. The number of rotatable bonds is 5. The number of hydrogen-bond acceptors (Lipinski definition) is 4. The van der Waals surface area contributed by atoms with Crippen molar-refractivity contribution in [3.05, 3.63) is 48.0 Å². The van der Waals surface area contributed by atoms with E-state index in [9.17, 15) is 4.79 Å². The molecule has 2 heterocycles. The quantitative estimate of drug-likeness (QED) is 0.567. The standard InChI is InChI=1S/C20H21N3O3/c1-25-18-9-8-14(12-19(18)26-2)17(24)13-23-16-7-4-3-6-15(16)22-11-5-10-21-20(22)23/h3-4,6-9,12H,5,10-11,13H2,1-2H3/p+1. The molecule has 0 saturated heterocycles. The number of nitrogens with one attached hydrogen (secondary N) is 1. The summed E-state index contributed by atoms with van der Waals surface area (Å²) in [4.78, 5) is 13.0. The Hall–Kier alpha value is -3.02.